The van der Waals surface area contributed by atoms with Crippen molar-refractivity contribution in [1.82, 2.24) is 0 Å². The van der Waals surface area contributed by atoms with Crippen LogP contribution >= 0.6 is 0 Å². The largest absolute Gasteiger partial charge is 0.392 e. The summed E-state index contributed by atoms with van der Waals surface area (Å²) in [4.78, 5) is 0. The lowest BCUT2D eigenvalue weighted by Gasteiger charge is -2.21. The van der Waals surface area contributed by atoms with Crippen molar-refractivity contribution in [1.29, 1.82) is 0 Å². The first kappa shape index (κ1) is 12.2. The number of anilines is 1. The van der Waals surface area contributed by atoms with Gasteiger partial charge in [0.25, 0.3) is 0 Å². The number of hydrogen-bond acceptors (Lipinski definition) is 2. The molecule has 0 spiro atoms. The predicted octanol–water partition coefficient (Wildman–Crippen LogP) is 3.74. The third kappa shape index (κ3) is 2.79. The number of para-hydroxylation sites is 1. The monoisotopic (exact) mass is 253 g/mol. The van der Waals surface area contributed by atoms with Gasteiger partial charge in [0.1, 0.15) is 0 Å². The van der Waals surface area contributed by atoms with Gasteiger partial charge in [-0.15, -0.1) is 0 Å². The molecule has 1 aliphatic rings. The molecular weight excluding hydrogens is 234 g/mol. The molecule has 2 nitrogen and oxygen atoms in total. The highest BCUT2D eigenvalue weighted by atomic mass is 16.3. The lowest BCUT2D eigenvalue weighted by molar-refractivity contribution is 0.282. The molecule has 2 aromatic carbocycles. The Morgan fingerprint density at radius 3 is 2.37 bits per heavy atom. The van der Waals surface area contributed by atoms with Gasteiger partial charge in [-0.05, 0) is 30.4 Å². The van der Waals surface area contributed by atoms with Crippen LogP contribution < -0.4 is 5.32 Å². The quantitative estimate of drug-likeness (QED) is 0.850. The second kappa shape index (κ2) is 5.45. The van der Waals surface area contributed by atoms with E-state index in [9.17, 15) is 5.11 Å². The van der Waals surface area contributed by atoms with Crippen LogP contribution in [0.2, 0.25) is 0 Å². The molecule has 1 fully saturated rings. The van der Waals surface area contributed by atoms with E-state index in [2.05, 4.69) is 35.6 Å². The van der Waals surface area contributed by atoms with Gasteiger partial charge >= 0.3 is 0 Å². The number of rotatable bonds is 5. The molecule has 1 atom stereocenters. The topological polar surface area (TPSA) is 32.3 Å². The maximum atomic E-state index is 9.42. The van der Waals surface area contributed by atoms with Crippen molar-refractivity contribution in [2.24, 2.45) is 5.92 Å². The Morgan fingerprint density at radius 2 is 1.68 bits per heavy atom. The second-order valence-corrected chi connectivity index (χ2v) is 5.19. The van der Waals surface area contributed by atoms with E-state index in [4.69, 9.17) is 0 Å². The van der Waals surface area contributed by atoms with E-state index in [1.54, 1.807) is 0 Å². The first-order valence-electron chi connectivity index (χ1n) is 6.88. The first-order chi connectivity index (χ1) is 9.38. The lowest BCUT2D eigenvalue weighted by Crippen LogP contribution is -2.14. The Bertz CT molecular complexity index is 534. The van der Waals surface area contributed by atoms with Crippen LogP contribution in [-0.4, -0.2) is 5.11 Å². The van der Waals surface area contributed by atoms with E-state index in [0.717, 1.165) is 11.3 Å². The van der Waals surface area contributed by atoms with Crippen molar-refractivity contribution in [3.63, 3.8) is 0 Å². The highest BCUT2D eigenvalue weighted by Gasteiger charge is 2.32. The number of benzene rings is 2. The zero-order chi connectivity index (χ0) is 13.1. The summed E-state index contributed by atoms with van der Waals surface area (Å²) >= 11 is 0. The number of aliphatic hydroxyl groups is 1. The van der Waals surface area contributed by atoms with Crippen molar-refractivity contribution < 1.29 is 5.11 Å². The van der Waals surface area contributed by atoms with Gasteiger partial charge < -0.3 is 10.4 Å². The molecule has 19 heavy (non-hydrogen) atoms. The van der Waals surface area contributed by atoms with E-state index in [-0.39, 0.29) is 6.61 Å². The highest BCUT2D eigenvalue weighted by Crippen LogP contribution is 2.43. The summed E-state index contributed by atoms with van der Waals surface area (Å²) < 4.78 is 0. The van der Waals surface area contributed by atoms with Gasteiger partial charge in [-0.25, -0.2) is 0 Å². The van der Waals surface area contributed by atoms with Gasteiger partial charge in [-0.3, -0.25) is 0 Å². The fourth-order valence-corrected chi connectivity index (χ4v) is 2.53. The van der Waals surface area contributed by atoms with E-state index in [0.29, 0.717) is 12.0 Å². The van der Waals surface area contributed by atoms with Crippen LogP contribution in [0.25, 0.3) is 0 Å². The SMILES string of the molecule is OCc1ccccc1NC(c1ccccc1)C1CC1. The minimum absolute atomic E-state index is 0.0787. The summed E-state index contributed by atoms with van der Waals surface area (Å²) in [5.41, 5.74) is 3.34. The average molecular weight is 253 g/mol. The summed E-state index contributed by atoms with van der Waals surface area (Å²) in [6.45, 7) is 0.0787. The summed E-state index contributed by atoms with van der Waals surface area (Å²) in [5.74, 6) is 0.717. The minimum Gasteiger partial charge on any atom is -0.392 e. The Kier molecular flexibility index (Phi) is 3.51. The fourth-order valence-electron chi connectivity index (χ4n) is 2.53. The predicted molar refractivity (Wildman–Crippen MR) is 77.9 cm³/mol. The van der Waals surface area contributed by atoms with Crippen molar-refractivity contribution >= 4 is 5.69 Å². The molecule has 0 heterocycles. The number of hydrogen-bond donors (Lipinski definition) is 2. The molecule has 1 unspecified atom stereocenters. The van der Waals surface area contributed by atoms with Crippen LogP contribution in [0.4, 0.5) is 5.69 Å². The number of nitrogens with one attached hydrogen (secondary N) is 1. The van der Waals surface area contributed by atoms with Crippen molar-refractivity contribution in [2.75, 3.05) is 5.32 Å². The Hall–Kier alpha value is -1.80. The Morgan fingerprint density at radius 1 is 1.00 bits per heavy atom. The van der Waals surface area contributed by atoms with Crippen molar-refractivity contribution in [3.8, 4) is 0 Å². The Balaban J connectivity index is 1.86. The molecule has 1 saturated carbocycles. The maximum absolute atomic E-state index is 9.42. The third-order valence-electron chi connectivity index (χ3n) is 3.75. The zero-order valence-electron chi connectivity index (χ0n) is 10.9. The lowest BCUT2D eigenvalue weighted by atomic mass is 10.0. The normalized spacial score (nSPS) is 16.1. The van der Waals surface area contributed by atoms with Crippen LogP contribution in [0, 0.1) is 5.92 Å². The molecule has 2 N–H and O–H groups in total. The van der Waals surface area contributed by atoms with E-state index in [1.807, 2.05) is 24.3 Å². The Labute approximate surface area is 114 Å². The summed E-state index contributed by atoms with van der Waals surface area (Å²) in [5, 5.41) is 13.0. The standard InChI is InChI=1S/C17H19NO/c19-12-15-8-4-5-9-16(15)18-17(14-10-11-14)13-6-2-1-3-7-13/h1-9,14,17-19H,10-12H2. The van der Waals surface area contributed by atoms with Gasteiger partial charge in [0.05, 0.1) is 12.6 Å². The molecule has 3 rings (SSSR count). The molecule has 0 saturated heterocycles. The van der Waals surface area contributed by atoms with E-state index < -0.39 is 0 Å². The smallest absolute Gasteiger partial charge is 0.0701 e. The van der Waals surface area contributed by atoms with Crippen LogP contribution in [0.1, 0.15) is 30.0 Å². The van der Waals surface area contributed by atoms with Gasteiger partial charge in [-0.1, -0.05) is 48.5 Å². The summed E-state index contributed by atoms with van der Waals surface area (Å²) in [6, 6.07) is 18.9. The molecule has 2 heteroatoms. The van der Waals surface area contributed by atoms with Crippen LogP contribution in [-0.2, 0) is 6.61 Å². The summed E-state index contributed by atoms with van der Waals surface area (Å²) in [6.07, 6.45) is 2.57. The number of aliphatic hydroxyl groups excluding tert-OH is 1. The van der Waals surface area contributed by atoms with Gasteiger partial charge in [0.15, 0.2) is 0 Å². The molecule has 0 amide bonds. The van der Waals surface area contributed by atoms with Gasteiger partial charge in [0, 0.05) is 11.3 Å². The average Bonchev–Trinajstić information content (AvgIpc) is 3.30. The van der Waals surface area contributed by atoms with Crippen LogP contribution in [0.5, 0.6) is 0 Å². The zero-order valence-corrected chi connectivity index (χ0v) is 10.9. The van der Waals surface area contributed by atoms with Gasteiger partial charge in [-0.2, -0.15) is 0 Å². The first-order valence-corrected chi connectivity index (χ1v) is 6.88. The molecule has 0 aliphatic heterocycles. The second-order valence-electron chi connectivity index (χ2n) is 5.19. The molecule has 1 aliphatic carbocycles. The van der Waals surface area contributed by atoms with Crippen molar-refractivity contribution in [3.05, 3.63) is 65.7 Å². The molecular formula is C17H19NO. The minimum atomic E-state index is 0.0787. The molecule has 98 valence electrons. The fraction of sp³-hybridized carbons (Fsp3) is 0.294. The molecule has 0 radical (unpaired) electrons. The molecule has 0 bridgehead atoms. The highest BCUT2D eigenvalue weighted by molar-refractivity contribution is 5.52. The van der Waals surface area contributed by atoms with Crippen molar-refractivity contribution in [2.45, 2.75) is 25.5 Å². The van der Waals surface area contributed by atoms with Crippen LogP contribution in [0.3, 0.4) is 0 Å². The maximum Gasteiger partial charge on any atom is 0.0701 e. The molecule has 0 aromatic heterocycles. The van der Waals surface area contributed by atoms with Crippen LogP contribution in [0.15, 0.2) is 54.6 Å². The summed E-state index contributed by atoms with van der Waals surface area (Å²) in [7, 11) is 0. The van der Waals surface area contributed by atoms with E-state index in [1.165, 1.54) is 18.4 Å². The third-order valence-corrected chi connectivity index (χ3v) is 3.75. The van der Waals surface area contributed by atoms with E-state index >= 15 is 0 Å². The molecule has 2 aromatic rings. The van der Waals surface area contributed by atoms with Gasteiger partial charge in [0.2, 0.25) is 0 Å².